The van der Waals surface area contributed by atoms with E-state index >= 15 is 0 Å². The lowest BCUT2D eigenvalue weighted by molar-refractivity contribution is 0.880. The highest BCUT2D eigenvalue weighted by molar-refractivity contribution is 5.80. The molecule has 0 aliphatic rings. The fourth-order valence-corrected chi connectivity index (χ4v) is 3.11. The Hall–Kier alpha value is -3.73. The van der Waals surface area contributed by atoms with Crippen LogP contribution >= 0.6 is 0 Å². The lowest BCUT2D eigenvalue weighted by Crippen LogP contribution is -2.37. The van der Waals surface area contributed by atoms with Gasteiger partial charge in [0.05, 0.1) is 5.69 Å². The highest BCUT2D eigenvalue weighted by Crippen LogP contribution is 2.26. The van der Waals surface area contributed by atoms with Gasteiger partial charge in [0.25, 0.3) is 10.9 Å². The SMILES string of the molecule is C[C@@H](Nc1c(Nc2ccnc(-c3ccccc3)c2)c(=O)c1=O)c1ccccc1. The Bertz CT molecular complexity index is 1160. The summed E-state index contributed by atoms with van der Waals surface area (Å²) < 4.78 is 0. The summed E-state index contributed by atoms with van der Waals surface area (Å²) >= 11 is 0. The van der Waals surface area contributed by atoms with Crippen molar-refractivity contribution in [2.24, 2.45) is 0 Å². The molecule has 1 aromatic heterocycles. The van der Waals surface area contributed by atoms with Gasteiger partial charge in [0.1, 0.15) is 11.4 Å². The van der Waals surface area contributed by atoms with Crippen molar-refractivity contribution in [2.75, 3.05) is 10.6 Å². The molecular formula is C23H19N3O2. The molecule has 4 rings (SSSR count). The number of nitrogens with one attached hydrogen (secondary N) is 2. The lowest BCUT2D eigenvalue weighted by Gasteiger charge is -2.20. The van der Waals surface area contributed by atoms with Gasteiger partial charge >= 0.3 is 0 Å². The Morgan fingerprint density at radius 2 is 1.46 bits per heavy atom. The van der Waals surface area contributed by atoms with Crippen LogP contribution in [0, 0.1) is 0 Å². The summed E-state index contributed by atoms with van der Waals surface area (Å²) in [5, 5.41) is 6.24. The molecule has 0 bridgehead atoms. The number of aromatic nitrogens is 1. The maximum atomic E-state index is 12.1. The van der Waals surface area contributed by atoms with Crippen molar-refractivity contribution in [2.45, 2.75) is 13.0 Å². The van der Waals surface area contributed by atoms with E-state index in [1.54, 1.807) is 12.3 Å². The fraction of sp³-hybridized carbons (Fsp3) is 0.0870. The minimum atomic E-state index is -0.513. The number of nitrogens with zero attached hydrogens (tertiary/aromatic N) is 1. The monoisotopic (exact) mass is 369 g/mol. The Morgan fingerprint density at radius 3 is 2.18 bits per heavy atom. The van der Waals surface area contributed by atoms with Gasteiger partial charge in [-0.3, -0.25) is 14.6 Å². The maximum absolute atomic E-state index is 12.1. The van der Waals surface area contributed by atoms with E-state index < -0.39 is 10.9 Å². The Kier molecular flexibility index (Phi) is 4.72. The van der Waals surface area contributed by atoms with Crippen LogP contribution in [0.25, 0.3) is 11.3 Å². The van der Waals surface area contributed by atoms with Crippen molar-refractivity contribution in [3.05, 3.63) is 105 Å². The predicted octanol–water partition coefficient (Wildman–Crippen LogP) is 4.26. The van der Waals surface area contributed by atoms with Crippen molar-refractivity contribution in [1.82, 2.24) is 4.98 Å². The van der Waals surface area contributed by atoms with E-state index in [-0.39, 0.29) is 11.7 Å². The first kappa shape index (κ1) is 17.7. The van der Waals surface area contributed by atoms with Crippen LogP contribution in [-0.2, 0) is 0 Å². The molecule has 0 aliphatic carbocycles. The second-order valence-electron chi connectivity index (χ2n) is 6.61. The van der Waals surface area contributed by atoms with Crippen LogP contribution in [0.1, 0.15) is 18.5 Å². The van der Waals surface area contributed by atoms with Crippen LogP contribution < -0.4 is 21.5 Å². The highest BCUT2D eigenvalue weighted by Gasteiger charge is 2.23. The molecule has 1 atom stereocenters. The Labute approximate surface area is 162 Å². The molecule has 5 nitrogen and oxygen atoms in total. The van der Waals surface area contributed by atoms with Gasteiger partial charge in [0, 0.05) is 23.5 Å². The third-order valence-electron chi connectivity index (χ3n) is 4.67. The number of rotatable bonds is 6. The summed E-state index contributed by atoms with van der Waals surface area (Å²) in [5.41, 5.74) is 3.11. The molecule has 1 heterocycles. The van der Waals surface area contributed by atoms with Gasteiger partial charge in [-0.1, -0.05) is 60.7 Å². The molecule has 0 aliphatic heterocycles. The zero-order valence-corrected chi connectivity index (χ0v) is 15.3. The highest BCUT2D eigenvalue weighted by atomic mass is 16.2. The summed E-state index contributed by atoms with van der Waals surface area (Å²) in [4.78, 5) is 28.6. The van der Waals surface area contributed by atoms with Crippen molar-refractivity contribution in [3.8, 4) is 11.3 Å². The van der Waals surface area contributed by atoms with Gasteiger partial charge < -0.3 is 10.6 Å². The number of benzene rings is 2. The molecule has 0 fully saturated rings. The van der Waals surface area contributed by atoms with Crippen LogP contribution in [-0.4, -0.2) is 4.98 Å². The van der Waals surface area contributed by atoms with Gasteiger partial charge in [-0.25, -0.2) is 0 Å². The molecule has 0 unspecified atom stereocenters. The first-order valence-electron chi connectivity index (χ1n) is 9.07. The summed E-state index contributed by atoms with van der Waals surface area (Å²) in [5.74, 6) is 0. The first-order valence-corrected chi connectivity index (χ1v) is 9.07. The molecule has 28 heavy (non-hydrogen) atoms. The summed E-state index contributed by atoms with van der Waals surface area (Å²) in [7, 11) is 0. The van der Waals surface area contributed by atoms with Gasteiger partial charge in [0.15, 0.2) is 0 Å². The smallest absolute Gasteiger partial charge is 0.253 e. The first-order chi connectivity index (χ1) is 13.6. The summed E-state index contributed by atoms with van der Waals surface area (Å²) in [6, 6.07) is 23.1. The normalized spacial score (nSPS) is 11.9. The van der Waals surface area contributed by atoms with E-state index in [1.165, 1.54) is 0 Å². The summed E-state index contributed by atoms with van der Waals surface area (Å²) in [6.45, 7) is 1.95. The molecule has 5 heteroatoms. The average Bonchev–Trinajstić information content (AvgIpc) is 2.77. The van der Waals surface area contributed by atoms with E-state index in [2.05, 4.69) is 15.6 Å². The van der Waals surface area contributed by atoms with Crippen molar-refractivity contribution < 1.29 is 0 Å². The molecule has 0 amide bonds. The predicted molar refractivity (Wildman–Crippen MR) is 113 cm³/mol. The van der Waals surface area contributed by atoms with Crippen LogP contribution in [0.3, 0.4) is 0 Å². The Balaban J connectivity index is 1.58. The molecule has 2 N–H and O–H groups in total. The van der Waals surface area contributed by atoms with Crippen LogP contribution in [0.15, 0.2) is 88.6 Å². The van der Waals surface area contributed by atoms with E-state index in [0.717, 1.165) is 16.8 Å². The van der Waals surface area contributed by atoms with E-state index in [9.17, 15) is 9.59 Å². The van der Waals surface area contributed by atoms with Crippen molar-refractivity contribution in [3.63, 3.8) is 0 Å². The molecule has 0 radical (unpaired) electrons. The third-order valence-corrected chi connectivity index (χ3v) is 4.67. The van der Waals surface area contributed by atoms with Crippen LogP contribution in [0.4, 0.5) is 17.1 Å². The minimum absolute atomic E-state index is 0.0950. The maximum Gasteiger partial charge on any atom is 0.253 e. The van der Waals surface area contributed by atoms with Crippen molar-refractivity contribution in [1.29, 1.82) is 0 Å². The van der Waals surface area contributed by atoms with E-state index in [0.29, 0.717) is 11.4 Å². The topological polar surface area (TPSA) is 71.1 Å². The molecule has 138 valence electrons. The number of hydrogen-bond donors (Lipinski definition) is 2. The Morgan fingerprint density at radius 1 is 0.821 bits per heavy atom. The van der Waals surface area contributed by atoms with Gasteiger partial charge in [-0.2, -0.15) is 0 Å². The summed E-state index contributed by atoms with van der Waals surface area (Å²) in [6.07, 6.45) is 1.68. The molecule has 3 aromatic carbocycles. The van der Waals surface area contributed by atoms with Gasteiger partial charge in [-0.05, 0) is 24.6 Å². The molecule has 0 spiro atoms. The quantitative estimate of drug-likeness (QED) is 0.497. The molecule has 0 saturated carbocycles. The number of pyridine rings is 1. The second-order valence-corrected chi connectivity index (χ2v) is 6.61. The van der Waals surface area contributed by atoms with E-state index in [4.69, 9.17) is 0 Å². The molecule has 4 aromatic rings. The fourth-order valence-electron chi connectivity index (χ4n) is 3.11. The standard InChI is InChI=1S/C23H19N3O2/c1-15(16-8-4-2-5-9-16)25-20-21(23(28)22(20)27)26-18-12-13-24-19(14-18)17-10-6-3-7-11-17/h2-15,25H,1H3,(H,24,26)/t15-/m1/s1. The lowest BCUT2D eigenvalue weighted by atomic mass is 10.1. The van der Waals surface area contributed by atoms with Gasteiger partial charge in [0.2, 0.25) is 0 Å². The zero-order chi connectivity index (χ0) is 19.5. The average molecular weight is 369 g/mol. The number of hydrogen-bond acceptors (Lipinski definition) is 5. The zero-order valence-electron chi connectivity index (χ0n) is 15.3. The van der Waals surface area contributed by atoms with Crippen LogP contribution in [0.2, 0.25) is 0 Å². The molecule has 0 saturated heterocycles. The third kappa shape index (κ3) is 3.42. The van der Waals surface area contributed by atoms with E-state index in [1.807, 2.05) is 73.7 Å². The molecular weight excluding hydrogens is 350 g/mol. The van der Waals surface area contributed by atoms with Gasteiger partial charge in [-0.15, -0.1) is 0 Å². The largest absolute Gasteiger partial charge is 0.373 e. The second kappa shape index (κ2) is 7.48. The number of anilines is 3. The van der Waals surface area contributed by atoms with Crippen LogP contribution in [0.5, 0.6) is 0 Å². The van der Waals surface area contributed by atoms with Crippen molar-refractivity contribution >= 4 is 17.1 Å². The minimum Gasteiger partial charge on any atom is -0.373 e.